The summed E-state index contributed by atoms with van der Waals surface area (Å²) in [5, 5.41) is -0.0930. The van der Waals surface area contributed by atoms with Gasteiger partial charge in [0, 0.05) is 11.1 Å². The first kappa shape index (κ1) is 24.7. The number of nitrogens with zero attached hydrogens (tertiary/aromatic N) is 1. The van der Waals surface area contributed by atoms with Crippen LogP contribution < -0.4 is 18.9 Å². The van der Waals surface area contributed by atoms with Crippen LogP contribution in [0.25, 0.3) is 6.08 Å². The van der Waals surface area contributed by atoms with Gasteiger partial charge in [-0.25, -0.2) is 9.18 Å². The summed E-state index contributed by atoms with van der Waals surface area (Å²) < 4.78 is 34.5. The van der Waals surface area contributed by atoms with Gasteiger partial charge < -0.3 is 18.9 Å². The highest BCUT2D eigenvalue weighted by molar-refractivity contribution is 8.18. The first-order valence-corrected chi connectivity index (χ1v) is 12.0. The minimum Gasteiger partial charge on any atom is -0.493 e. The van der Waals surface area contributed by atoms with Gasteiger partial charge in [0.15, 0.2) is 23.0 Å². The number of thioether (sulfide) groups is 1. The largest absolute Gasteiger partial charge is 0.493 e. The molecule has 1 fully saturated rings. The predicted octanol–water partition coefficient (Wildman–Crippen LogP) is 5.67. The fraction of sp³-hybridized carbons (Fsp3) is 0.115. The molecule has 0 saturated carbocycles. The van der Waals surface area contributed by atoms with Crippen molar-refractivity contribution >= 4 is 46.6 Å². The van der Waals surface area contributed by atoms with Crippen LogP contribution in [0.1, 0.15) is 21.5 Å². The van der Waals surface area contributed by atoms with Crippen molar-refractivity contribution < 1.29 is 37.7 Å². The van der Waals surface area contributed by atoms with Gasteiger partial charge in [-0.2, -0.15) is 0 Å². The van der Waals surface area contributed by atoms with E-state index in [0.717, 1.165) is 28.8 Å². The fourth-order valence-electron chi connectivity index (χ4n) is 3.64. The second-order valence-corrected chi connectivity index (χ2v) is 9.27. The molecular formula is C26H17ClFNO7S. The summed E-state index contributed by atoms with van der Waals surface area (Å²) >= 11 is 7.10. The van der Waals surface area contributed by atoms with E-state index in [4.69, 9.17) is 30.5 Å². The highest BCUT2D eigenvalue weighted by Crippen LogP contribution is 2.40. The normalized spacial score (nSPS) is 15.4. The highest BCUT2D eigenvalue weighted by atomic mass is 35.5. The van der Waals surface area contributed by atoms with E-state index in [-0.39, 0.29) is 35.3 Å². The number of carbonyl (C=O) groups is 3. The van der Waals surface area contributed by atoms with Crippen LogP contribution in [0, 0.1) is 5.82 Å². The van der Waals surface area contributed by atoms with E-state index in [9.17, 15) is 18.8 Å². The van der Waals surface area contributed by atoms with Gasteiger partial charge in [0.2, 0.25) is 6.79 Å². The summed E-state index contributed by atoms with van der Waals surface area (Å²) in [5.74, 6) is -0.265. The molecule has 0 aromatic heterocycles. The van der Waals surface area contributed by atoms with Crippen LogP contribution in [0.4, 0.5) is 9.18 Å². The third kappa shape index (κ3) is 5.11. The number of hydrogen-bond donors (Lipinski definition) is 0. The Labute approximate surface area is 219 Å². The van der Waals surface area contributed by atoms with Crippen LogP contribution in [0.15, 0.2) is 59.5 Å². The van der Waals surface area contributed by atoms with Crippen molar-refractivity contribution in [3.8, 4) is 23.0 Å². The summed E-state index contributed by atoms with van der Waals surface area (Å²) in [6.45, 7) is 0.0478. The van der Waals surface area contributed by atoms with Crippen LogP contribution in [-0.4, -0.2) is 35.9 Å². The molecule has 3 aromatic carbocycles. The maximum absolute atomic E-state index is 13.1. The fourth-order valence-corrected chi connectivity index (χ4v) is 4.69. The number of ether oxygens (including phenoxy) is 4. The molecule has 0 aliphatic carbocycles. The van der Waals surface area contributed by atoms with Gasteiger partial charge in [0.1, 0.15) is 5.82 Å². The molecule has 0 bridgehead atoms. The number of halogens is 2. The van der Waals surface area contributed by atoms with Crippen LogP contribution in [0.5, 0.6) is 23.0 Å². The van der Waals surface area contributed by atoms with E-state index in [1.165, 1.54) is 25.3 Å². The lowest BCUT2D eigenvalue weighted by Crippen LogP contribution is -2.27. The summed E-state index contributed by atoms with van der Waals surface area (Å²) in [6, 6.07) is 12.8. The van der Waals surface area contributed by atoms with E-state index in [2.05, 4.69) is 0 Å². The number of imide groups is 1. The summed E-state index contributed by atoms with van der Waals surface area (Å²) in [4.78, 5) is 39.3. The number of methoxy groups -OCH3 is 1. The van der Waals surface area contributed by atoms with Gasteiger partial charge in [-0.1, -0.05) is 17.7 Å². The van der Waals surface area contributed by atoms with Crippen molar-refractivity contribution in [1.29, 1.82) is 0 Å². The van der Waals surface area contributed by atoms with Crippen molar-refractivity contribution in [2.24, 2.45) is 0 Å². The SMILES string of the molecule is COc1cc(/C=C2\SC(=O)N(Cc3cc4c(cc3Cl)OCO4)C2=O)ccc1OC(=O)c1ccc(F)cc1. The summed E-state index contributed by atoms with van der Waals surface area (Å²) in [6.07, 6.45) is 1.54. The van der Waals surface area contributed by atoms with Gasteiger partial charge in [0.05, 0.1) is 24.1 Å². The topological polar surface area (TPSA) is 91.4 Å². The number of benzene rings is 3. The van der Waals surface area contributed by atoms with Crippen LogP contribution in [0.2, 0.25) is 5.02 Å². The Morgan fingerprint density at radius 3 is 2.54 bits per heavy atom. The number of rotatable bonds is 6. The zero-order chi connectivity index (χ0) is 26.1. The predicted molar refractivity (Wildman–Crippen MR) is 133 cm³/mol. The molecule has 0 unspecified atom stereocenters. The van der Waals surface area contributed by atoms with Crippen LogP contribution in [-0.2, 0) is 11.3 Å². The number of hydrogen-bond acceptors (Lipinski definition) is 8. The van der Waals surface area contributed by atoms with Crippen LogP contribution >= 0.6 is 23.4 Å². The van der Waals surface area contributed by atoms with Crippen molar-refractivity contribution in [2.75, 3.05) is 13.9 Å². The average molecular weight is 542 g/mol. The van der Waals surface area contributed by atoms with E-state index in [0.29, 0.717) is 27.6 Å². The lowest BCUT2D eigenvalue weighted by atomic mass is 10.1. The molecule has 0 spiro atoms. The minimum absolute atomic E-state index is 0.0287. The Balaban J connectivity index is 1.33. The lowest BCUT2D eigenvalue weighted by Gasteiger charge is -2.14. The maximum Gasteiger partial charge on any atom is 0.343 e. The Morgan fingerprint density at radius 2 is 1.81 bits per heavy atom. The highest BCUT2D eigenvalue weighted by Gasteiger charge is 2.36. The first-order chi connectivity index (χ1) is 17.8. The minimum atomic E-state index is -0.686. The van der Waals surface area contributed by atoms with Crippen molar-refractivity contribution in [1.82, 2.24) is 4.90 Å². The third-order valence-corrected chi connectivity index (χ3v) is 6.77. The second-order valence-electron chi connectivity index (χ2n) is 7.87. The van der Waals surface area contributed by atoms with E-state index in [1.807, 2.05) is 0 Å². The Bertz CT molecular complexity index is 1460. The Hall–Kier alpha value is -4.02. The quantitative estimate of drug-likeness (QED) is 0.224. The Kier molecular flexibility index (Phi) is 6.77. The van der Waals surface area contributed by atoms with Gasteiger partial charge in [0.25, 0.3) is 11.1 Å². The maximum atomic E-state index is 13.1. The van der Waals surface area contributed by atoms with Crippen molar-refractivity contribution in [3.63, 3.8) is 0 Å². The molecule has 8 nitrogen and oxygen atoms in total. The molecule has 0 N–H and O–H groups in total. The summed E-state index contributed by atoms with van der Waals surface area (Å²) in [5.41, 5.74) is 1.26. The monoisotopic (exact) mass is 541 g/mol. The van der Waals surface area contributed by atoms with Crippen molar-refractivity contribution in [3.05, 3.63) is 87.0 Å². The van der Waals surface area contributed by atoms with Crippen LogP contribution in [0.3, 0.4) is 0 Å². The molecule has 0 radical (unpaired) electrons. The van der Waals surface area contributed by atoms with E-state index in [1.54, 1.807) is 30.3 Å². The van der Waals surface area contributed by atoms with Gasteiger partial charge in [-0.15, -0.1) is 0 Å². The smallest absolute Gasteiger partial charge is 0.343 e. The zero-order valence-corrected chi connectivity index (χ0v) is 20.7. The molecule has 2 aliphatic rings. The molecule has 188 valence electrons. The number of fused-ring (bicyclic) bond motifs is 1. The van der Waals surface area contributed by atoms with E-state index >= 15 is 0 Å². The van der Waals surface area contributed by atoms with Crippen molar-refractivity contribution in [2.45, 2.75) is 6.54 Å². The molecule has 2 aliphatic heterocycles. The molecule has 1 saturated heterocycles. The molecule has 3 aromatic rings. The number of esters is 1. The zero-order valence-electron chi connectivity index (χ0n) is 19.2. The third-order valence-electron chi connectivity index (χ3n) is 5.51. The number of amides is 2. The lowest BCUT2D eigenvalue weighted by molar-refractivity contribution is -0.123. The van der Waals surface area contributed by atoms with E-state index < -0.39 is 22.9 Å². The molecule has 5 rings (SSSR count). The second kappa shape index (κ2) is 10.2. The van der Waals surface area contributed by atoms with Gasteiger partial charge >= 0.3 is 5.97 Å². The number of carbonyl (C=O) groups excluding carboxylic acids is 3. The molecule has 2 heterocycles. The van der Waals surface area contributed by atoms with Gasteiger partial charge in [-0.3, -0.25) is 14.5 Å². The summed E-state index contributed by atoms with van der Waals surface area (Å²) in [7, 11) is 1.40. The molecule has 0 atom stereocenters. The average Bonchev–Trinajstić information content (AvgIpc) is 3.44. The molecule has 11 heteroatoms. The standard InChI is InChI=1S/C26H17ClFNO7S/c1-33-20-8-14(2-7-19(20)36-25(31)15-3-5-17(28)6-4-15)9-23-24(30)29(26(32)37-23)12-16-10-21-22(11-18(16)27)35-13-34-21/h2-11H,12-13H2,1H3/b23-9-. The Morgan fingerprint density at radius 1 is 1.08 bits per heavy atom. The molecule has 2 amide bonds. The molecule has 37 heavy (non-hydrogen) atoms. The first-order valence-electron chi connectivity index (χ1n) is 10.8. The molecular weight excluding hydrogens is 525 g/mol. The van der Waals surface area contributed by atoms with Gasteiger partial charge in [-0.05, 0) is 71.4 Å².